The molecule has 0 bridgehead atoms. The number of rotatable bonds is 3. The lowest BCUT2D eigenvalue weighted by molar-refractivity contribution is -0.386. The fraction of sp³-hybridized carbons (Fsp3) is 0.684. The monoisotopic (exact) mass is 449 g/mol. The second-order valence-corrected chi connectivity index (χ2v) is 10.3. The van der Waals surface area contributed by atoms with Crippen LogP contribution in [-0.2, 0) is 16.5 Å². The largest absolute Gasteiger partial charge is 0.534 e. The number of fused-ring (bicyclic) bond motifs is 5. The number of aliphatic hydroxyl groups excluding tert-OH is 1. The molecule has 1 aromatic carbocycles. The van der Waals surface area contributed by atoms with E-state index in [1.54, 1.807) is 0 Å². The summed E-state index contributed by atoms with van der Waals surface area (Å²) < 4.78 is 65.0. The number of halogens is 3. The minimum Gasteiger partial charge on any atom is -0.393 e. The van der Waals surface area contributed by atoms with E-state index in [1.807, 2.05) is 0 Å². The molecule has 4 rings (SSSR count). The van der Waals surface area contributed by atoms with Crippen molar-refractivity contribution in [3.05, 3.63) is 33.4 Å². The summed E-state index contributed by atoms with van der Waals surface area (Å²) in [6.07, 6.45) is 3.54. The summed E-state index contributed by atoms with van der Waals surface area (Å²) in [6.45, 7) is 2.09. The Labute approximate surface area is 171 Å². The Hall–Kier alpha value is -1.88. The van der Waals surface area contributed by atoms with Crippen molar-refractivity contribution in [1.29, 1.82) is 0 Å². The van der Waals surface area contributed by atoms with Crippen molar-refractivity contribution in [2.45, 2.75) is 63.0 Å². The Bertz CT molecular complexity index is 995. The van der Waals surface area contributed by atoms with E-state index < -0.39 is 32.0 Å². The zero-order chi connectivity index (χ0) is 22.1. The molecule has 7 nitrogen and oxygen atoms in total. The van der Waals surface area contributed by atoms with Gasteiger partial charge in [0.15, 0.2) is 0 Å². The first kappa shape index (κ1) is 21.4. The fourth-order valence-electron chi connectivity index (χ4n) is 6.03. The van der Waals surface area contributed by atoms with Crippen LogP contribution in [0.25, 0.3) is 0 Å². The van der Waals surface area contributed by atoms with Crippen LogP contribution in [0.4, 0.5) is 18.9 Å². The highest BCUT2D eigenvalue weighted by molar-refractivity contribution is 7.88. The molecule has 2 fully saturated rings. The van der Waals surface area contributed by atoms with Gasteiger partial charge in [0.2, 0.25) is 5.75 Å². The molecule has 0 spiro atoms. The fourth-order valence-corrected chi connectivity index (χ4v) is 6.50. The Morgan fingerprint density at radius 3 is 2.57 bits per heavy atom. The maximum absolute atomic E-state index is 12.7. The third kappa shape index (κ3) is 3.08. The molecule has 0 saturated heterocycles. The summed E-state index contributed by atoms with van der Waals surface area (Å²) >= 11 is 0. The van der Waals surface area contributed by atoms with Gasteiger partial charge in [0.1, 0.15) is 0 Å². The number of nitrogens with zero attached hydrogens (tertiary/aromatic N) is 1. The minimum absolute atomic E-state index is 0.0101. The van der Waals surface area contributed by atoms with Crippen LogP contribution in [0.5, 0.6) is 5.75 Å². The third-order valence-corrected chi connectivity index (χ3v) is 8.43. The van der Waals surface area contributed by atoms with E-state index in [4.69, 9.17) is 0 Å². The minimum atomic E-state index is -6.01. The van der Waals surface area contributed by atoms with Crippen molar-refractivity contribution in [3.63, 3.8) is 0 Å². The number of hydrogen-bond donors (Lipinski definition) is 1. The lowest BCUT2D eigenvalue weighted by Crippen LogP contribution is -2.44. The molecule has 0 heterocycles. The molecular weight excluding hydrogens is 427 g/mol. The van der Waals surface area contributed by atoms with Crippen LogP contribution in [0.15, 0.2) is 12.1 Å². The molecule has 1 aromatic rings. The van der Waals surface area contributed by atoms with Gasteiger partial charge in [-0.2, -0.15) is 21.6 Å². The highest BCUT2D eigenvalue weighted by Crippen LogP contribution is 2.61. The topological polar surface area (TPSA) is 107 Å². The van der Waals surface area contributed by atoms with Crippen molar-refractivity contribution >= 4 is 15.8 Å². The normalized spacial score (nSPS) is 33.4. The predicted octanol–water partition coefficient (Wildman–Crippen LogP) is 4.04. The predicted molar refractivity (Wildman–Crippen MR) is 99.3 cm³/mol. The van der Waals surface area contributed by atoms with Crippen LogP contribution in [0.3, 0.4) is 0 Å². The Balaban J connectivity index is 1.74. The molecule has 1 unspecified atom stereocenters. The average Bonchev–Trinajstić information content (AvgIpc) is 2.94. The van der Waals surface area contributed by atoms with E-state index in [0.717, 1.165) is 25.3 Å². The van der Waals surface area contributed by atoms with Gasteiger partial charge >= 0.3 is 21.3 Å². The molecule has 0 aliphatic heterocycles. The standard InChI is InChI=1S/C19H22F3NO6S/c1-18-9-8-11-10-4-6-15(29-30(27,28)19(20,21)22)17(23(25)26)13(10)3-2-12(11)14(18)5-7-16(18)24/h4,6,11-12,14,16,24H,2-3,5,7-9H2,1H3/t11-,12-,14+,16?,18+/m1/s1. The molecule has 3 aliphatic carbocycles. The number of nitro groups is 1. The first-order valence-electron chi connectivity index (χ1n) is 9.86. The lowest BCUT2D eigenvalue weighted by Gasteiger charge is -2.50. The van der Waals surface area contributed by atoms with Gasteiger partial charge in [0, 0.05) is 5.56 Å². The second kappa shape index (κ2) is 6.81. The van der Waals surface area contributed by atoms with Crippen LogP contribution in [0, 0.1) is 27.4 Å². The van der Waals surface area contributed by atoms with E-state index >= 15 is 0 Å². The molecule has 3 aliphatic rings. The van der Waals surface area contributed by atoms with Crippen LogP contribution < -0.4 is 4.18 Å². The molecule has 30 heavy (non-hydrogen) atoms. The number of benzene rings is 1. The van der Waals surface area contributed by atoms with Gasteiger partial charge < -0.3 is 9.29 Å². The van der Waals surface area contributed by atoms with Crippen LogP contribution >= 0.6 is 0 Å². The molecule has 0 radical (unpaired) electrons. The third-order valence-electron chi connectivity index (χ3n) is 7.46. The van der Waals surface area contributed by atoms with Gasteiger partial charge in [-0.05, 0) is 73.3 Å². The zero-order valence-electron chi connectivity index (χ0n) is 16.2. The summed E-state index contributed by atoms with van der Waals surface area (Å²) in [5, 5.41) is 22.1. The Morgan fingerprint density at radius 1 is 1.23 bits per heavy atom. The van der Waals surface area contributed by atoms with Gasteiger partial charge in [-0.15, -0.1) is 0 Å². The van der Waals surface area contributed by atoms with Crippen molar-refractivity contribution in [2.24, 2.45) is 17.3 Å². The number of aliphatic hydroxyl groups is 1. The first-order chi connectivity index (χ1) is 13.9. The smallest absolute Gasteiger partial charge is 0.393 e. The maximum atomic E-state index is 12.7. The molecule has 1 N–H and O–H groups in total. The number of alkyl halides is 3. The molecular formula is C19H22F3NO6S. The van der Waals surface area contributed by atoms with Crippen molar-refractivity contribution < 1.29 is 35.8 Å². The van der Waals surface area contributed by atoms with Gasteiger partial charge in [-0.25, -0.2) is 0 Å². The van der Waals surface area contributed by atoms with Crippen molar-refractivity contribution in [3.8, 4) is 5.75 Å². The molecule has 5 atom stereocenters. The molecule has 0 amide bonds. The van der Waals surface area contributed by atoms with E-state index in [-0.39, 0.29) is 41.3 Å². The zero-order valence-corrected chi connectivity index (χ0v) is 17.0. The Morgan fingerprint density at radius 2 is 1.93 bits per heavy atom. The van der Waals surface area contributed by atoms with Crippen LogP contribution in [-0.4, -0.2) is 30.1 Å². The first-order valence-corrected chi connectivity index (χ1v) is 11.3. The molecule has 11 heteroatoms. The number of nitro benzene ring substituents is 1. The summed E-state index contributed by atoms with van der Waals surface area (Å²) in [5.74, 6) is -0.422. The van der Waals surface area contributed by atoms with Gasteiger partial charge in [-0.3, -0.25) is 10.1 Å². The molecule has 166 valence electrons. The van der Waals surface area contributed by atoms with E-state index in [2.05, 4.69) is 11.1 Å². The van der Waals surface area contributed by atoms with Crippen molar-refractivity contribution in [1.82, 2.24) is 0 Å². The quantitative estimate of drug-likeness (QED) is 0.323. The Kier molecular flexibility index (Phi) is 4.85. The van der Waals surface area contributed by atoms with E-state index in [1.165, 1.54) is 6.07 Å². The molecule has 2 saturated carbocycles. The van der Waals surface area contributed by atoms with Gasteiger partial charge in [0.25, 0.3) is 0 Å². The van der Waals surface area contributed by atoms with Crippen LogP contribution in [0.1, 0.15) is 56.1 Å². The van der Waals surface area contributed by atoms with Crippen LogP contribution in [0.2, 0.25) is 0 Å². The summed E-state index contributed by atoms with van der Waals surface area (Å²) in [5.41, 5.74) is -5.65. The lowest BCUT2D eigenvalue weighted by atomic mass is 9.55. The summed E-state index contributed by atoms with van der Waals surface area (Å²) in [4.78, 5) is 10.8. The average molecular weight is 449 g/mol. The highest BCUT2D eigenvalue weighted by atomic mass is 32.2. The summed E-state index contributed by atoms with van der Waals surface area (Å²) in [7, 11) is -6.01. The van der Waals surface area contributed by atoms with Crippen molar-refractivity contribution in [2.75, 3.05) is 0 Å². The maximum Gasteiger partial charge on any atom is 0.534 e. The summed E-state index contributed by atoms with van der Waals surface area (Å²) in [6, 6.07) is 2.42. The van der Waals surface area contributed by atoms with Gasteiger partial charge in [0.05, 0.1) is 11.0 Å². The second-order valence-electron chi connectivity index (χ2n) is 8.77. The van der Waals surface area contributed by atoms with E-state index in [0.29, 0.717) is 18.4 Å². The van der Waals surface area contributed by atoms with E-state index in [9.17, 15) is 36.8 Å². The number of hydrogen-bond acceptors (Lipinski definition) is 6. The highest BCUT2D eigenvalue weighted by Gasteiger charge is 2.55. The SMILES string of the molecule is C[C@]12CC[C@@H]3c4ccc(OS(=O)(=O)C(F)(F)F)c([N+](=O)[O-])c4CC[C@H]3[C@@H]1CCC2O. The van der Waals surface area contributed by atoms with Gasteiger partial charge in [-0.1, -0.05) is 13.0 Å². The molecule has 0 aromatic heterocycles.